The molecule has 1 aliphatic rings. The molecule has 0 bridgehead atoms. The van der Waals surface area contributed by atoms with Gasteiger partial charge in [-0.1, -0.05) is 12.8 Å². The predicted octanol–water partition coefficient (Wildman–Crippen LogP) is 3.44. The number of rotatable bonds is 9. The highest BCUT2D eigenvalue weighted by molar-refractivity contribution is 7.92. The second kappa shape index (κ2) is 11.4. The van der Waals surface area contributed by atoms with Crippen LogP contribution < -0.4 is 14.4 Å². The van der Waals surface area contributed by atoms with Gasteiger partial charge < -0.3 is 10.1 Å². The SMILES string of the molecule is CCOc1ccc(N([C@@H](C)C(=O)Nc2ccc(S(=O)(=O)N3CCCCCC3)cc2)S(C)(=O)=O)cc1. The number of carbonyl (C=O) groups is 1. The highest BCUT2D eigenvalue weighted by Crippen LogP contribution is 2.25. The molecule has 1 atom stereocenters. The molecule has 2 aromatic rings. The second-order valence-corrected chi connectivity index (χ2v) is 12.3. The number of sulfonamides is 2. The summed E-state index contributed by atoms with van der Waals surface area (Å²) in [6, 6.07) is 11.3. The number of nitrogens with one attached hydrogen (secondary N) is 1. The molecule has 35 heavy (non-hydrogen) atoms. The Morgan fingerprint density at radius 1 is 0.971 bits per heavy atom. The minimum atomic E-state index is -3.77. The molecule has 0 spiro atoms. The van der Waals surface area contributed by atoms with Crippen molar-refractivity contribution < 1.29 is 26.4 Å². The number of nitrogens with zero attached hydrogens (tertiary/aromatic N) is 2. The van der Waals surface area contributed by atoms with Gasteiger partial charge in [-0.25, -0.2) is 16.8 Å². The third-order valence-corrected chi connectivity index (χ3v) is 8.97. The maximum Gasteiger partial charge on any atom is 0.247 e. The fourth-order valence-corrected chi connectivity index (χ4v) is 6.74. The van der Waals surface area contributed by atoms with E-state index in [2.05, 4.69) is 5.32 Å². The molecule has 0 aromatic heterocycles. The number of hydrogen-bond donors (Lipinski definition) is 1. The minimum Gasteiger partial charge on any atom is -0.494 e. The molecule has 1 saturated heterocycles. The molecule has 11 heteroatoms. The van der Waals surface area contributed by atoms with Crippen molar-refractivity contribution in [2.45, 2.75) is 50.5 Å². The maximum atomic E-state index is 13.0. The van der Waals surface area contributed by atoms with Crippen LogP contribution in [0.25, 0.3) is 0 Å². The largest absolute Gasteiger partial charge is 0.494 e. The second-order valence-electron chi connectivity index (χ2n) is 8.49. The molecule has 9 nitrogen and oxygen atoms in total. The van der Waals surface area contributed by atoms with Crippen LogP contribution in [-0.4, -0.2) is 59.0 Å². The first kappa shape index (κ1) is 27.0. The molecule has 1 heterocycles. The van der Waals surface area contributed by atoms with Crippen LogP contribution >= 0.6 is 0 Å². The lowest BCUT2D eigenvalue weighted by atomic mass is 10.2. The summed E-state index contributed by atoms with van der Waals surface area (Å²) in [7, 11) is -7.38. The first-order valence-corrected chi connectivity index (χ1v) is 15.0. The molecule has 1 N–H and O–H groups in total. The molecule has 0 aliphatic carbocycles. The zero-order valence-corrected chi connectivity index (χ0v) is 21.9. The van der Waals surface area contributed by atoms with Crippen LogP contribution in [0.2, 0.25) is 0 Å². The van der Waals surface area contributed by atoms with Crippen molar-refractivity contribution >= 4 is 37.3 Å². The number of amides is 1. The molecular formula is C24H33N3O6S2. The first-order chi connectivity index (χ1) is 16.5. The number of anilines is 2. The van der Waals surface area contributed by atoms with Gasteiger partial charge in [0.2, 0.25) is 26.0 Å². The van der Waals surface area contributed by atoms with Gasteiger partial charge in [-0.05, 0) is 75.2 Å². The van der Waals surface area contributed by atoms with Gasteiger partial charge in [-0.2, -0.15) is 4.31 Å². The molecule has 0 saturated carbocycles. The zero-order chi connectivity index (χ0) is 25.6. The van der Waals surface area contributed by atoms with Gasteiger partial charge in [-0.15, -0.1) is 0 Å². The van der Waals surface area contributed by atoms with Crippen molar-refractivity contribution in [3.63, 3.8) is 0 Å². The van der Waals surface area contributed by atoms with Gasteiger partial charge in [0.1, 0.15) is 11.8 Å². The highest BCUT2D eigenvalue weighted by atomic mass is 32.2. The smallest absolute Gasteiger partial charge is 0.247 e. The number of hydrogen-bond acceptors (Lipinski definition) is 6. The molecule has 1 amide bonds. The standard InChI is InChI=1S/C24H33N3O6S2/c1-4-33-22-13-11-21(12-14-22)27(34(3,29)30)19(2)24(28)25-20-9-15-23(16-10-20)35(31,32)26-17-7-5-6-8-18-26/h9-16,19H,4-8,17-18H2,1-3H3,(H,25,28)/t19-/m0/s1. The first-order valence-electron chi connectivity index (χ1n) is 11.7. The summed E-state index contributed by atoms with van der Waals surface area (Å²) < 4.78 is 58.9. The van der Waals surface area contributed by atoms with Crippen LogP contribution in [0.4, 0.5) is 11.4 Å². The van der Waals surface area contributed by atoms with Crippen molar-refractivity contribution in [1.29, 1.82) is 0 Å². The number of carbonyl (C=O) groups excluding carboxylic acids is 1. The third kappa shape index (κ3) is 6.74. The van der Waals surface area contributed by atoms with Gasteiger partial charge >= 0.3 is 0 Å². The average molecular weight is 524 g/mol. The van der Waals surface area contributed by atoms with E-state index in [1.807, 2.05) is 6.92 Å². The van der Waals surface area contributed by atoms with E-state index in [9.17, 15) is 21.6 Å². The molecule has 1 fully saturated rings. The van der Waals surface area contributed by atoms with E-state index in [1.54, 1.807) is 24.3 Å². The van der Waals surface area contributed by atoms with Gasteiger partial charge in [-0.3, -0.25) is 9.10 Å². The van der Waals surface area contributed by atoms with Crippen LogP contribution in [-0.2, 0) is 24.8 Å². The lowest BCUT2D eigenvalue weighted by Crippen LogP contribution is -2.45. The molecule has 0 unspecified atom stereocenters. The van der Waals surface area contributed by atoms with Crippen molar-refractivity contribution in [1.82, 2.24) is 4.31 Å². The number of ether oxygens (including phenoxy) is 1. The van der Waals surface area contributed by atoms with Crippen molar-refractivity contribution in [2.24, 2.45) is 0 Å². The Kier molecular flexibility index (Phi) is 8.79. The van der Waals surface area contributed by atoms with E-state index in [-0.39, 0.29) is 4.90 Å². The Bertz CT molecular complexity index is 1200. The fraction of sp³-hybridized carbons (Fsp3) is 0.458. The van der Waals surface area contributed by atoms with Crippen LogP contribution in [0.5, 0.6) is 5.75 Å². The Morgan fingerprint density at radius 3 is 2.06 bits per heavy atom. The zero-order valence-electron chi connectivity index (χ0n) is 20.3. The normalized spacial score (nSPS) is 16.2. The van der Waals surface area contributed by atoms with E-state index in [1.165, 1.54) is 35.5 Å². The molecular weight excluding hydrogens is 490 g/mol. The van der Waals surface area contributed by atoms with Gasteiger partial charge in [0.05, 0.1) is 23.4 Å². The molecule has 2 aromatic carbocycles. The Hall–Kier alpha value is -2.63. The van der Waals surface area contributed by atoms with Crippen molar-refractivity contribution in [2.75, 3.05) is 35.6 Å². The summed E-state index contributed by atoms with van der Waals surface area (Å²) in [4.78, 5) is 13.1. The van der Waals surface area contributed by atoms with Gasteiger partial charge in [0, 0.05) is 18.8 Å². The topological polar surface area (TPSA) is 113 Å². The van der Waals surface area contributed by atoms with Gasteiger partial charge in [0.15, 0.2) is 0 Å². The summed E-state index contributed by atoms with van der Waals surface area (Å²) in [5, 5.41) is 2.69. The van der Waals surface area contributed by atoms with E-state index in [4.69, 9.17) is 4.74 Å². The molecule has 0 radical (unpaired) electrons. The van der Waals surface area contributed by atoms with Crippen molar-refractivity contribution in [3.8, 4) is 5.75 Å². The van der Waals surface area contributed by atoms with Crippen molar-refractivity contribution in [3.05, 3.63) is 48.5 Å². The predicted molar refractivity (Wildman–Crippen MR) is 137 cm³/mol. The molecule has 1 aliphatic heterocycles. The third-order valence-electron chi connectivity index (χ3n) is 5.82. The van der Waals surface area contributed by atoms with E-state index in [0.717, 1.165) is 36.2 Å². The van der Waals surface area contributed by atoms with E-state index < -0.39 is 32.0 Å². The molecule has 192 valence electrons. The fourth-order valence-electron chi connectivity index (χ4n) is 4.05. The van der Waals surface area contributed by atoms with E-state index in [0.29, 0.717) is 36.8 Å². The lowest BCUT2D eigenvalue weighted by molar-refractivity contribution is -0.116. The molecule has 3 rings (SSSR count). The highest BCUT2D eigenvalue weighted by Gasteiger charge is 2.30. The maximum absolute atomic E-state index is 13.0. The summed E-state index contributed by atoms with van der Waals surface area (Å²) in [5.74, 6) is 0.0458. The summed E-state index contributed by atoms with van der Waals surface area (Å²) >= 11 is 0. The van der Waals surface area contributed by atoms with E-state index >= 15 is 0 Å². The Morgan fingerprint density at radius 2 is 1.54 bits per heavy atom. The lowest BCUT2D eigenvalue weighted by Gasteiger charge is -2.28. The minimum absolute atomic E-state index is 0.164. The quantitative estimate of drug-likeness (QED) is 0.539. The van der Waals surface area contributed by atoms with Crippen LogP contribution in [0.1, 0.15) is 39.5 Å². The summed E-state index contributed by atoms with van der Waals surface area (Å²) in [6.45, 7) is 4.83. The van der Waals surface area contributed by atoms with Gasteiger partial charge in [0.25, 0.3) is 0 Å². The summed E-state index contributed by atoms with van der Waals surface area (Å²) in [5.41, 5.74) is 0.703. The summed E-state index contributed by atoms with van der Waals surface area (Å²) in [6.07, 6.45) is 4.77. The Balaban J connectivity index is 1.75. The monoisotopic (exact) mass is 523 g/mol. The van der Waals surface area contributed by atoms with Crippen LogP contribution in [0, 0.1) is 0 Å². The average Bonchev–Trinajstić information content (AvgIpc) is 3.10. The Labute approximate surface area is 208 Å². The van der Waals surface area contributed by atoms with Crippen LogP contribution in [0.15, 0.2) is 53.4 Å². The number of benzene rings is 2. The van der Waals surface area contributed by atoms with Crippen LogP contribution in [0.3, 0.4) is 0 Å².